The maximum absolute atomic E-state index is 14.8. The Hall–Kier alpha value is -3.70. The molecule has 11 heteroatoms. The summed E-state index contributed by atoms with van der Waals surface area (Å²) in [4.78, 5) is 22.7. The zero-order valence-electron chi connectivity index (χ0n) is 22.7. The van der Waals surface area contributed by atoms with Gasteiger partial charge in [0.1, 0.15) is 23.6 Å². The third-order valence-electron chi connectivity index (χ3n) is 7.92. The number of rotatable bonds is 7. The topological polar surface area (TPSA) is 86.0 Å². The van der Waals surface area contributed by atoms with Gasteiger partial charge in [-0.15, -0.1) is 16.9 Å². The first-order chi connectivity index (χ1) is 19.9. The standard InChI is InChI=1S/C30H32F2N6O2S/c1-41-27-6-5-20(31)14-24(27)25-15-21(32)18-37(25)29-8-7-28-33-16-26(38(28)35-29)30(40)34-22-9-11-36(12-10-22)17-19-3-2-4-23(39)13-19/h2-8,13-14,16,21-22,25,39H,9-12,15,17-18H2,1H3,(H,34,40). The molecule has 0 aliphatic carbocycles. The van der Waals surface area contributed by atoms with E-state index in [1.807, 2.05) is 23.3 Å². The average Bonchev–Trinajstić information content (AvgIpc) is 3.57. The molecule has 4 aromatic rings. The Bertz CT molecular complexity index is 1560. The van der Waals surface area contributed by atoms with Crippen LogP contribution < -0.4 is 10.2 Å². The molecule has 1 amide bonds. The monoisotopic (exact) mass is 578 g/mol. The van der Waals surface area contributed by atoms with Crippen molar-refractivity contribution in [2.45, 2.75) is 49.0 Å². The molecule has 0 bridgehead atoms. The molecule has 2 saturated heterocycles. The molecule has 0 radical (unpaired) electrons. The van der Waals surface area contributed by atoms with Crippen molar-refractivity contribution in [1.82, 2.24) is 24.8 Å². The van der Waals surface area contributed by atoms with Crippen molar-refractivity contribution >= 4 is 29.1 Å². The second-order valence-electron chi connectivity index (χ2n) is 10.7. The van der Waals surface area contributed by atoms with Crippen LogP contribution >= 0.6 is 11.8 Å². The van der Waals surface area contributed by atoms with Crippen LogP contribution in [0.4, 0.5) is 14.6 Å². The van der Waals surface area contributed by atoms with Crippen molar-refractivity contribution in [2.24, 2.45) is 0 Å². The minimum Gasteiger partial charge on any atom is -0.508 e. The number of hydrogen-bond acceptors (Lipinski definition) is 7. The van der Waals surface area contributed by atoms with Crippen molar-refractivity contribution in [1.29, 1.82) is 0 Å². The van der Waals surface area contributed by atoms with Gasteiger partial charge in [0.2, 0.25) is 0 Å². The van der Waals surface area contributed by atoms with E-state index in [9.17, 15) is 18.7 Å². The smallest absolute Gasteiger partial charge is 0.271 e. The molecule has 6 rings (SSSR count). The lowest BCUT2D eigenvalue weighted by molar-refractivity contribution is 0.0901. The first-order valence-corrected chi connectivity index (χ1v) is 15.0. The summed E-state index contributed by atoms with van der Waals surface area (Å²) >= 11 is 1.50. The molecule has 2 aliphatic rings. The number of benzene rings is 2. The minimum atomic E-state index is -1.08. The molecule has 2 aromatic heterocycles. The highest BCUT2D eigenvalue weighted by Gasteiger charge is 2.36. The van der Waals surface area contributed by atoms with Crippen LogP contribution in [0.5, 0.6) is 5.75 Å². The van der Waals surface area contributed by atoms with Crippen LogP contribution in [0.15, 0.2) is 65.7 Å². The number of anilines is 1. The Morgan fingerprint density at radius 1 is 1.15 bits per heavy atom. The predicted molar refractivity (Wildman–Crippen MR) is 155 cm³/mol. The largest absolute Gasteiger partial charge is 0.508 e. The van der Waals surface area contributed by atoms with Gasteiger partial charge in [0, 0.05) is 37.0 Å². The molecule has 2 aromatic carbocycles. The van der Waals surface area contributed by atoms with Gasteiger partial charge in [-0.2, -0.15) is 0 Å². The van der Waals surface area contributed by atoms with Crippen molar-refractivity contribution in [3.8, 4) is 5.75 Å². The van der Waals surface area contributed by atoms with Gasteiger partial charge in [-0.3, -0.25) is 9.69 Å². The van der Waals surface area contributed by atoms with Crippen LogP contribution in [-0.2, 0) is 6.54 Å². The molecule has 8 nitrogen and oxygen atoms in total. The number of nitrogens with one attached hydrogen (secondary N) is 1. The molecule has 2 atom stereocenters. The summed E-state index contributed by atoms with van der Waals surface area (Å²) in [6.45, 7) is 2.54. The van der Waals surface area contributed by atoms with Gasteiger partial charge in [-0.25, -0.2) is 18.3 Å². The maximum atomic E-state index is 14.8. The molecule has 214 valence electrons. The van der Waals surface area contributed by atoms with Crippen LogP contribution in [0.1, 0.15) is 46.9 Å². The fourth-order valence-corrected chi connectivity index (χ4v) is 6.51. The van der Waals surface area contributed by atoms with Gasteiger partial charge in [0.05, 0.1) is 18.8 Å². The Morgan fingerprint density at radius 2 is 1.98 bits per heavy atom. The van der Waals surface area contributed by atoms with E-state index in [4.69, 9.17) is 5.10 Å². The van der Waals surface area contributed by atoms with E-state index in [0.717, 1.165) is 48.5 Å². The molecular weight excluding hydrogens is 546 g/mol. The van der Waals surface area contributed by atoms with E-state index >= 15 is 0 Å². The normalized spacial score (nSPS) is 20.1. The summed E-state index contributed by atoms with van der Waals surface area (Å²) in [7, 11) is 0. The van der Waals surface area contributed by atoms with Crippen molar-refractivity contribution in [3.63, 3.8) is 0 Å². The molecule has 2 fully saturated rings. The fourth-order valence-electron chi connectivity index (χ4n) is 5.88. The van der Waals surface area contributed by atoms with Crippen LogP contribution in [0, 0.1) is 5.82 Å². The highest BCUT2D eigenvalue weighted by molar-refractivity contribution is 7.98. The van der Waals surface area contributed by atoms with Crippen LogP contribution in [0.2, 0.25) is 0 Å². The van der Waals surface area contributed by atoms with Gasteiger partial charge in [0.15, 0.2) is 11.3 Å². The Labute approximate surface area is 241 Å². The number of phenolic OH excluding ortho intramolecular Hbond substituents is 1. The number of carbonyl (C=O) groups excluding carboxylic acids is 1. The number of halogens is 2. The molecule has 41 heavy (non-hydrogen) atoms. The van der Waals surface area contributed by atoms with Gasteiger partial charge < -0.3 is 15.3 Å². The zero-order valence-corrected chi connectivity index (χ0v) is 23.5. The molecule has 2 N–H and O–H groups in total. The van der Waals surface area contributed by atoms with Crippen LogP contribution in [0.3, 0.4) is 0 Å². The summed E-state index contributed by atoms with van der Waals surface area (Å²) in [6, 6.07) is 15.1. The maximum Gasteiger partial charge on any atom is 0.271 e. The van der Waals surface area contributed by atoms with E-state index in [1.54, 1.807) is 30.3 Å². The third kappa shape index (κ3) is 5.87. The molecule has 2 unspecified atom stereocenters. The Balaban J connectivity index is 1.16. The highest BCUT2D eigenvalue weighted by atomic mass is 32.2. The summed E-state index contributed by atoms with van der Waals surface area (Å²) in [6.07, 6.45) is 4.19. The number of amides is 1. The number of aromatic hydroxyl groups is 1. The van der Waals surface area contributed by atoms with Crippen LogP contribution in [-0.4, -0.2) is 68.6 Å². The van der Waals surface area contributed by atoms with Gasteiger partial charge in [0.25, 0.3) is 5.91 Å². The van der Waals surface area contributed by atoms with Crippen molar-refractivity contribution in [2.75, 3.05) is 30.8 Å². The molecule has 0 saturated carbocycles. The van der Waals surface area contributed by atoms with Crippen LogP contribution in [0.25, 0.3) is 5.65 Å². The third-order valence-corrected chi connectivity index (χ3v) is 8.73. The van der Waals surface area contributed by atoms with E-state index < -0.39 is 6.17 Å². The number of phenols is 1. The number of piperidine rings is 1. The number of imidazole rings is 1. The number of aromatic nitrogens is 3. The number of hydrogen-bond donors (Lipinski definition) is 2. The number of thioether (sulfide) groups is 1. The SMILES string of the molecule is CSc1ccc(F)cc1C1CC(F)CN1c1ccc2ncc(C(=O)NC3CCN(Cc4cccc(O)c4)CC3)n2n1. The van der Waals surface area contributed by atoms with E-state index in [1.165, 1.54) is 34.6 Å². The average molecular weight is 579 g/mol. The Morgan fingerprint density at radius 3 is 2.76 bits per heavy atom. The number of likely N-dealkylation sites (tertiary alicyclic amines) is 1. The summed E-state index contributed by atoms with van der Waals surface area (Å²) in [5, 5.41) is 17.6. The summed E-state index contributed by atoms with van der Waals surface area (Å²) < 4.78 is 30.5. The lowest BCUT2D eigenvalue weighted by Crippen LogP contribution is -2.44. The highest BCUT2D eigenvalue weighted by Crippen LogP contribution is 2.40. The zero-order chi connectivity index (χ0) is 28.5. The van der Waals surface area contributed by atoms with Crippen molar-refractivity contribution < 1.29 is 18.7 Å². The minimum absolute atomic E-state index is 0.0184. The number of alkyl halides is 1. The quantitative estimate of drug-likeness (QED) is 0.299. The molecule has 2 aliphatic heterocycles. The van der Waals surface area contributed by atoms with Gasteiger partial charge in [-0.05, 0) is 72.7 Å². The second kappa shape index (κ2) is 11.7. The first-order valence-electron chi connectivity index (χ1n) is 13.8. The second-order valence-corrected chi connectivity index (χ2v) is 11.5. The van der Waals surface area contributed by atoms with E-state index in [2.05, 4.69) is 15.2 Å². The number of nitrogens with zero attached hydrogens (tertiary/aromatic N) is 5. The summed E-state index contributed by atoms with van der Waals surface area (Å²) in [5.74, 6) is 0.149. The predicted octanol–water partition coefficient (Wildman–Crippen LogP) is 4.98. The molecule has 4 heterocycles. The molecule has 0 spiro atoms. The molecular formula is C30H32F2N6O2S. The van der Waals surface area contributed by atoms with Crippen molar-refractivity contribution in [3.05, 3.63) is 83.4 Å². The van der Waals surface area contributed by atoms with Gasteiger partial charge >= 0.3 is 0 Å². The lowest BCUT2D eigenvalue weighted by Gasteiger charge is -2.32. The van der Waals surface area contributed by atoms with Gasteiger partial charge in [-0.1, -0.05) is 12.1 Å². The number of fused-ring (bicyclic) bond motifs is 1. The number of carbonyl (C=O) groups is 1. The Kier molecular flexibility index (Phi) is 7.81. The fraction of sp³-hybridized carbons (Fsp3) is 0.367. The lowest BCUT2D eigenvalue weighted by atomic mass is 10.0. The summed E-state index contributed by atoms with van der Waals surface area (Å²) in [5.41, 5.74) is 2.62. The first kappa shape index (κ1) is 27.5. The van der Waals surface area contributed by atoms with E-state index in [-0.39, 0.29) is 42.5 Å². The van der Waals surface area contributed by atoms with E-state index in [0.29, 0.717) is 17.2 Å².